The number of hydrogen-bond donors (Lipinski definition) is 2. The molecule has 7 heteroatoms. The number of Topliss-reactive ketones (excluding diaryl/α,β-unsaturated/α-hetero) is 3. The van der Waals surface area contributed by atoms with Gasteiger partial charge in [0.1, 0.15) is 0 Å². The third-order valence-electron chi connectivity index (χ3n) is 6.18. The number of amides is 1. The number of ether oxygens (including phenoxy) is 1. The van der Waals surface area contributed by atoms with Gasteiger partial charge in [-0.15, -0.1) is 0 Å². The van der Waals surface area contributed by atoms with Crippen molar-refractivity contribution in [1.82, 2.24) is 0 Å². The molecule has 0 saturated carbocycles. The van der Waals surface area contributed by atoms with Crippen molar-refractivity contribution < 1.29 is 23.9 Å². The minimum absolute atomic E-state index is 0.0384. The standard InChI is InChI=1S/C26H18N2O5/c1-33-25(32)28-15-12-10-14(11-13-15)26(23(30)18-8-4-5-9-19(18)24(26)31)20-21(27)16-6-2-3-7-17(16)22(20)29/h2-13H,27H2,1H3,(H,28,32). The quantitative estimate of drug-likeness (QED) is 0.602. The van der Waals surface area contributed by atoms with Gasteiger partial charge in [0.15, 0.2) is 22.8 Å². The lowest BCUT2D eigenvalue weighted by Crippen LogP contribution is -2.43. The fourth-order valence-electron chi connectivity index (χ4n) is 4.67. The Balaban J connectivity index is 1.75. The Hall–Kier alpha value is -4.52. The van der Waals surface area contributed by atoms with Crippen LogP contribution in [0, 0.1) is 0 Å². The Kier molecular flexibility index (Phi) is 4.49. The van der Waals surface area contributed by atoms with Crippen molar-refractivity contribution in [2.45, 2.75) is 5.41 Å². The number of carbonyl (C=O) groups is 4. The van der Waals surface area contributed by atoms with Gasteiger partial charge in [-0.25, -0.2) is 4.79 Å². The van der Waals surface area contributed by atoms with Gasteiger partial charge in [0.05, 0.1) is 7.11 Å². The molecule has 0 atom stereocenters. The fraction of sp³-hybridized carbons (Fsp3) is 0.0769. The third-order valence-corrected chi connectivity index (χ3v) is 6.18. The number of carbonyl (C=O) groups excluding carboxylic acids is 4. The minimum Gasteiger partial charge on any atom is -0.453 e. The number of ketones is 3. The summed E-state index contributed by atoms with van der Waals surface area (Å²) in [7, 11) is 1.24. The summed E-state index contributed by atoms with van der Waals surface area (Å²) in [6, 6.07) is 19.5. The average Bonchev–Trinajstić information content (AvgIpc) is 3.23. The van der Waals surface area contributed by atoms with Crippen molar-refractivity contribution in [3.8, 4) is 0 Å². The zero-order valence-electron chi connectivity index (χ0n) is 17.5. The van der Waals surface area contributed by atoms with Crippen LogP contribution >= 0.6 is 0 Å². The van der Waals surface area contributed by atoms with Crippen LogP contribution < -0.4 is 11.1 Å². The van der Waals surface area contributed by atoms with Crippen LogP contribution in [-0.4, -0.2) is 30.6 Å². The molecule has 162 valence electrons. The Labute approximate surface area is 188 Å². The number of nitrogens with two attached hydrogens (primary N) is 1. The SMILES string of the molecule is COC(=O)Nc1ccc(C2(C3=C(N)c4ccccc4C3=O)C(=O)c3ccccc3C2=O)cc1. The molecule has 0 saturated heterocycles. The molecule has 0 heterocycles. The predicted octanol–water partition coefficient (Wildman–Crippen LogP) is 3.75. The summed E-state index contributed by atoms with van der Waals surface area (Å²) in [5.41, 5.74) is 6.61. The van der Waals surface area contributed by atoms with E-state index in [2.05, 4.69) is 10.1 Å². The molecule has 3 aromatic carbocycles. The van der Waals surface area contributed by atoms with Crippen LogP contribution in [0.25, 0.3) is 5.70 Å². The van der Waals surface area contributed by atoms with E-state index in [1.54, 1.807) is 72.8 Å². The highest BCUT2D eigenvalue weighted by Crippen LogP contribution is 2.50. The second-order valence-corrected chi connectivity index (χ2v) is 7.81. The molecular formula is C26H18N2O5. The van der Waals surface area contributed by atoms with E-state index in [0.717, 1.165) is 0 Å². The Morgan fingerprint density at radius 2 is 1.30 bits per heavy atom. The molecule has 0 aromatic heterocycles. The highest BCUT2D eigenvalue weighted by atomic mass is 16.5. The summed E-state index contributed by atoms with van der Waals surface area (Å²) in [6.45, 7) is 0. The first-order valence-electron chi connectivity index (χ1n) is 10.2. The predicted molar refractivity (Wildman–Crippen MR) is 121 cm³/mol. The van der Waals surface area contributed by atoms with E-state index < -0.39 is 28.9 Å². The van der Waals surface area contributed by atoms with Crippen LogP contribution in [0.3, 0.4) is 0 Å². The Morgan fingerprint density at radius 3 is 1.82 bits per heavy atom. The molecule has 0 spiro atoms. The van der Waals surface area contributed by atoms with Crippen LogP contribution in [0.15, 0.2) is 78.4 Å². The molecule has 3 aromatic rings. The van der Waals surface area contributed by atoms with Crippen LogP contribution in [0.4, 0.5) is 10.5 Å². The molecule has 0 fully saturated rings. The van der Waals surface area contributed by atoms with Gasteiger partial charge in [0.25, 0.3) is 0 Å². The number of anilines is 1. The van der Waals surface area contributed by atoms with Crippen molar-refractivity contribution in [1.29, 1.82) is 0 Å². The molecule has 33 heavy (non-hydrogen) atoms. The normalized spacial score (nSPS) is 16.0. The van der Waals surface area contributed by atoms with E-state index in [1.165, 1.54) is 7.11 Å². The number of hydrogen-bond acceptors (Lipinski definition) is 6. The van der Waals surface area contributed by atoms with E-state index >= 15 is 0 Å². The van der Waals surface area contributed by atoms with E-state index in [0.29, 0.717) is 22.4 Å². The van der Waals surface area contributed by atoms with Crippen LogP contribution in [-0.2, 0) is 10.2 Å². The summed E-state index contributed by atoms with van der Waals surface area (Å²) in [6.07, 6.45) is -0.661. The molecule has 1 amide bonds. The van der Waals surface area contributed by atoms with Gasteiger partial charge in [-0.2, -0.15) is 0 Å². The van der Waals surface area contributed by atoms with E-state index in [9.17, 15) is 19.2 Å². The molecule has 0 bridgehead atoms. The zero-order chi connectivity index (χ0) is 23.3. The summed E-state index contributed by atoms with van der Waals surface area (Å²) in [5, 5.41) is 2.53. The van der Waals surface area contributed by atoms with Gasteiger partial charge in [0.2, 0.25) is 0 Å². The maximum absolute atomic E-state index is 13.9. The van der Waals surface area contributed by atoms with Crippen molar-refractivity contribution in [3.63, 3.8) is 0 Å². The molecule has 2 aliphatic rings. The lowest BCUT2D eigenvalue weighted by molar-refractivity contribution is 0.0802. The van der Waals surface area contributed by atoms with Crippen LogP contribution in [0.1, 0.15) is 42.2 Å². The maximum Gasteiger partial charge on any atom is 0.411 e. The number of nitrogens with one attached hydrogen (secondary N) is 1. The van der Waals surface area contributed by atoms with E-state index in [1.807, 2.05) is 0 Å². The topological polar surface area (TPSA) is 116 Å². The first-order chi connectivity index (χ1) is 15.9. The van der Waals surface area contributed by atoms with Crippen LogP contribution in [0.5, 0.6) is 0 Å². The molecule has 0 radical (unpaired) electrons. The summed E-state index contributed by atoms with van der Waals surface area (Å²) < 4.78 is 4.60. The average molecular weight is 438 g/mol. The molecule has 5 rings (SSSR count). The molecule has 0 aliphatic heterocycles. The molecule has 0 unspecified atom stereocenters. The molecule has 7 nitrogen and oxygen atoms in total. The first-order valence-corrected chi connectivity index (χ1v) is 10.2. The van der Waals surface area contributed by atoms with Gasteiger partial charge >= 0.3 is 6.09 Å². The van der Waals surface area contributed by atoms with E-state index in [-0.39, 0.29) is 22.4 Å². The zero-order valence-corrected chi connectivity index (χ0v) is 17.5. The third kappa shape index (κ3) is 2.69. The Morgan fingerprint density at radius 1 is 0.788 bits per heavy atom. The lowest BCUT2D eigenvalue weighted by atomic mass is 9.68. The second kappa shape index (κ2) is 7.27. The molecule has 2 aliphatic carbocycles. The van der Waals surface area contributed by atoms with Gasteiger partial charge in [-0.1, -0.05) is 60.7 Å². The Bertz CT molecular complexity index is 1370. The van der Waals surface area contributed by atoms with Crippen LogP contribution in [0.2, 0.25) is 0 Å². The number of fused-ring (bicyclic) bond motifs is 2. The second-order valence-electron chi connectivity index (χ2n) is 7.81. The number of benzene rings is 3. The van der Waals surface area contributed by atoms with Crippen molar-refractivity contribution in [3.05, 3.63) is 106 Å². The summed E-state index contributed by atoms with van der Waals surface area (Å²) in [5.74, 6) is -1.46. The maximum atomic E-state index is 13.9. The summed E-state index contributed by atoms with van der Waals surface area (Å²) in [4.78, 5) is 52.9. The van der Waals surface area contributed by atoms with Gasteiger partial charge < -0.3 is 10.5 Å². The van der Waals surface area contributed by atoms with E-state index in [4.69, 9.17) is 5.73 Å². The van der Waals surface area contributed by atoms with Gasteiger partial charge in [-0.05, 0) is 17.7 Å². The van der Waals surface area contributed by atoms with Crippen molar-refractivity contribution in [2.24, 2.45) is 5.73 Å². The molecule has 3 N–H and O–H groups in total. The van der Waals surface area contributed by atoms with Gasteiger partial charge in [0, 0.05) is 39.2 Å². The lowest BCUT2D eigenvalue weighted by Gasteiger charge is -2.28. The first kappa shape index (κ1) is 20.4. The van der Waals surface area contributed by atoms with Crippen molar-refractivity contribution in [2.75, 3.05) is 12.4 Å². The minimum atomic E-state index is -1.92. The highest BCUT2D eigenvalue weighted by molar-refractivity contribution is 6.41. The number of allylic oxidation sites excluding steroid dienone is 1. The number of methoxy groups -OCH3 is 1. The van der Waals surface area contributed by atoms with Crippen molar-refractivity contribution >= 4 is 34.8 Å². The largest absolute Gasteiger partial charge is 0.453 e. The monoisotopic (exact) mass is 438 g/mol. The number of rotatable bonds is 3. The fourth-order valence-corrected chi connectivity index (χ4v) is 4.67. The molecular weight excluding hydrogens is 420 g/mol. The summed E-state index contributed by atoms with van der Waals surface area (Å²) >= 11 is 0. The highest BCUT2D eigenvalue weighted by Gasteiger charge is 2.60. The van der Waals surface area contributed by atoms with Gasteiger partial charge in [-0.3, -0.25) is 19.7 Å². The smallest absolute Gasteiger partial charge is 0.411 e.